The van der Waals surface area contributed by atoms with Crippen LogP contribution in [0.25, 0.3) is 0 Å². The topological polar surface area (TPSA) is 81.5 Å². The summed E-state index contributed by atoms with van der Waals surface area (Å²) < 4.78 is 25.4. The fraction of sp³-hybridized carbons (Fsp3) is 0.529. The third-order valence-corrected chi connectivity index (χ3v) is 5.56. The highest BCUT2D eigenvalue weighted by molar-refractivity contribution is 7.92. The molecule has 24 heavy (non-hydrogen) atoms. The van der Waals surface area contributed by atoms with E-state index in [2.05, 4.69) is 0 Å². The van der Waals surface area contributed by atoms with Gasteiger partial charge in [0, 0.05) is 12.1 Å². The summed E-state index contributed by atoms with van der Waals surface area (Å²) in [5.74, 6) is -0.206. The lowest BCUT2D eigenvalue weighted by molar-refractivity contribution is -0.135. The number of amides is 1. The van der Waals surface area contributed by atoms with Gasteiger partial charge in [-0.1, -0.05) is 6.07 Å². The molecule has 0 aromatic heterocycles. The Kier molecular flexibility index (Phi) is 5.50. The number of likely N-dealkylation sites (tertiary alicyclic amines) is 1. The molecule has 0 bridgehead atoms. The van der Waals surface area contributed by atoms with Gasteiger partial charge in [-0.2, -0.15) is 5.26 Å². The monoisotopic (exact) mass is 349 g/mol. The molecule has 2 unspecified atom stereocenters. The maximum Gasteiger partial charge on any atom is 0.243 e. The Morgan fingerprint density at radius 2 is 1.96 bits per heavy atom. The third kappa shape index (κ3) is 4.06. The molecule has 0 aliphatic carbocycles. The first-order chi connectivity index (χ1) is 11.2. The molecule has 2 atom stereocenters. The van der Waals surface area contributed by atoms with Gasteiger partial charge in [0.15, 0.2) is 0 Å². The van der Waals surface area contributed by atoms with E-state index < -0.39 is 10.0 Å². The summed E-state index contributed by atoms with van der Waals surface area (Å²) in [6.45, 7) is 3.74. The summed E-state index contributed by atoms with van der Waals surface area (Å²) in [5, 5.41) is 9.01. The molecule has 0 spiro atoms. The molecule has 1 aromatic carbocycles. The summed E-state index contributed by atoms with van der Waals surface area (Å²) in [5.41, 5.74) is 0.690. The van der Waals surface area contributed by atoms with Crippen molar-refractivity contribution in [1.29, 1.82) is 5.26 Å². The van der Waals surface area contributed by atoms with Crippen LogP contribution in [0.2, 0.25) is 0 Å². The first-order valence-electron chi connectivity index (χ1n) is 8.03. The Hall–Kier alpha value is -2.07. The molecule has 1 fully saturated rings. The summed E-state index contributed by atoms with van der Waals surface area (Å²) >= 11 is 0. The maximum atomic E-state index is 12.8. The number of benzene rings is 1. The van der Waals surface area contributed by atoms with Crippen molar-refractivity contribution in [2.45, 2.75) is 45.2 Å². The van der Waals surface area contributed by atoms with Crippen LogP contribution in [-0.2, 0) is 14.8 Å². The van der Waals surface area contributed by atoms with Crippen molar-refractivity contribution >= 4 is 21.6 Å². The van der Waals surface area contributed by atoms with Gasteiger partial charge in [-0.25, -0.2) is 8.42 Å². The van der Waals surface area contributed by atoms with E-state index in [0.29, 0.717) is 11.3 Å². The van der Waals surface area contributed by atoms with Gasteiger partial charge in [-0.3, -0.25) is 9.10 Å². The zero-order valence-corrected chi connectivity index (χ0v) is 15.1. The summed E-state index contributed by atoms with van der Waals surface area (Å²) in [6, 6.07) is 8.49. The van der Waals surface area contributed by atoms with E-state index in [0.717, 1.165) is 29.8 Å². The SMILES string of the molecule is CC1CCCC(C)N1C(=O)CN(c1cccc(C#N)c1)S(C)(=O)=O. The number of rotatable bonds is 4. The number of hydrogen-bond donors (Lipinski definition) is 0. The predicted molar refractivity (Wildman–Crippen MR) is 93.0 cm³/mol. The standard InChI is InChI=1S/C17H23N3O3S/c1-13-6-4-7-14(2)20(13)17(21)12-19(24(3,22)23)16-9-5-8-15(10-16)11-18/h5,8-10,13-14H,4,6-7,12H2,1-3H3. The minimum Gasteiger partial charge on any atom is -0.336 e. The van der Waals surface area contributed by atoms with Gasteiger partial charge in [-0.15, -0.1) is 0 Å². The van der Waals surface area contributed by atoms with E-state index >= 15 is 0 Å². The van der Waals surface area contributed by atoms with E-state index in [1.807, 2.05) is 19.9 Å². The first-order valence-corrected chi connectivity index (χ1v) is 9.88. The Balaban J connectivity index is 2.30. The molecule has 1 heterocycles. The second-order valence-electron chi connectivity index (χ2n) is 6.36. The van der Waals surface area contributed by atoms with Crippen molar-refractivity contribution in [2.24, 2.45) is 0 Å². The van der Waals surface area contributed by atoms with Gasteiger partial charge in [-0.05, 0) is 51.3 Å². The number of anilines is 1. The fourth-order valence-electron chi connectivity index (χ4n) is 3.25. The first kappa shape index (κ1) is 18.3. The number of piperidine rings is 1. The van der Waals surface area contributed by atoms with Crippen LogP contribution in [0.3, 0.4) is 0 Å². The van der Waals surface area contributed by atoms with Crippen LogP contribution in [0.5, 0.6) is 0 Å². The van der Waals surface area contributed by atoms with Crippen molar-refractivity contribution in [2.75, 3.05) is 17.1 Å². The number of carbonyl (C=O) groups is 1. The van der Waals surface area contributed by atoms with Crippen LogP contribution in [0.15, 0.2) is 24.3 Å². The molecule has 0 N–H and O–H groups in total. The van der Waals surface area contributed by atoms with E-state index in [9.17, 15) is 13.2 Å². The Labute approximate surface area is 143 Å². The fourth-order valence-corrected chi connectivity index (χ4v) is 4.09. The minimum absolute atomic E-state index is 0.105. The Bertz CT molecular complexity index is 745. The average molecular weight is 349 g/mol. The van der Waals surface area contributed by atoms with Gasteiger partial charge in [0.1, 0.15) is 6.54 Å². The van der Waals surface area contributed by atoms with Crippen LogP contribution in [0.4, 0.5) is 5.69 Å². The minimum atomic E-state index is -3.64. The molecule has 6 nitrogen and oxygen atoms in total. The molecule has 1 aliphatic heterocycles. The number of carbonyl (C=O) groups excluding carboxylic acids is 1. The van der Waals surface area contributed by atoms with Crippen molar-refractivity contribution < 1.29 is 13.2 Å². The van der Waals surface area contributed by atoms with Crippen LogP contribution < -0.4 is 4.31 Å². The van der Waals surface area contributed by atoms with Gasteiger partial charge in [0.05, 0.1) is 23.6 Å². The molecule has 0 radical (unpaired) electrons. The molecular weight excluding hydrogens is 326 g/mol. The number of nitriles is 1. The van der Waals surface area contributed by atoms with E-state index in [1.165, 1.54) is 6.07 Å². The number of hydrogen-bond acceptors (Lipinski definition) is 4. The zero-order valence-electron chi connectivity index (χ0n) is 14.3. The van der Waals surface area contributed by atoms with Crippen molar-refractivity contribution in [1.82, 2.24) is 4.90 Å². The van der Waals surface area contributed by atoms with Crippen LogP contribution in [0.1, 0.15) is 38.7 Å². The third-order valence-electron chi connectivity index (χ3n) is 4.42. The Morgan fingerprint density at radius 1 is 1.33 bits per heavy atom. The second-order valence-corrected chi connectivity index (χ2v) is 8.27. The van der Waals surface area contributed by atoms with Crippen LogP contribution in [-0.4, -0.2) is 44.1 Å². The van der Waals surface area contributed by atoms with E-state index in [-0.39, 0.29) is 24.5 Å². The molecular formula is C17H23N3O3S. The summed E-state index contributed by atoms with van der Waals surface area (Å²) in [7, 11) is -3.64. The van der Waals surface area contributed by atoms with Crippen LogP contribution >= 0.6 is 0 Å². The normalized spacial score (nSPS) is 21.2. The van der Waals surface area contributed by atoms with Crippen molar-refractivity contribution in [3.63, 3.8) is 0 Å². The molecule has 0 saturated carbocycles. The summed E-state index contributed by atoms with van der Waals surface area (Å²) in [6.07, 6.45) is 4.01. The van der Waals surface area contributed by atoms with Crippen LogP contribution in [0, 0.1) is 11.3 Å². The lowest BCUT2D eigenvalue weighted by atomic mass is 9.97. The maximum absolute atomic E-state index is 12.8. The molecule has 1 aliphatic rings. The molecule has 2 rings (SSSR count). The quantitative estimate of drug-likeness (QED) is 0.834. The van der Waals surface area contributed by atoms with E-state index in [1.54, 1.807) is 23.1 Å². The smallest absolute Gasteiger partial charge is 0.243 e. The second kappa shape index (κ2) is 7.22. The summed E-state index contributed by atoms with van der Waals surface area (Å²) in [4.78, 5) is 14.5. The molecule has 7 heteroatoms. The average Bonchev–Trinajstić information content (AvgIpc) is 2.51. The Morgan fingerprint density at radius 3 is 2.50 bits per heavy atom. The lowest BCUT2D eigenvalue weighted by Gasteiger charge is -2.40. The van der Waals surface area contributed by atoms with Gasteiger partial charge >= 0.3 is 0 Å². The molecule has 1 amide bonds. The zero-order chi connectivity index (χ0) is 17.9. The van der Waals surface area contributed by atoms with Crippen molar-refractivity contribution in [3.05, 3.63) is 29.8 Å². The van der Waals surface area contributed by atoms with Crippen molar-refractivity contribution in [3.8, 4) is 6.07 Å². The molecule has 1 aromatic rings. The highest BCUT2D eigenvalue weighted by Gasteiger charge is 2.31. The highest BCUT2D eigenvalue weighted by atomic mass is 32.2. The molecule has 1 saturated heterocycles. The predicted octanol–water partition coefficient (Wildman–Crippen LogP) is 2.11. The number of sulfonamides is 1. The number of nitrogens with zero attached hydrogens (tertiary/aromatic N) is 3. The lowest BCUT2D eigenvalue weighted by Crippen LogP contribution is -2.51. The van der Waals surface area contributed by atoms with Gasteiger partial charge in [0.2, 0.25) is 15.9 Å². The van der Waals surface area contributed by atoms with E-state index in [4.69, 9.17) is 5.26 Å². The van der Waals surface area contributed by atoms with Gasteiger partial charge < -0.3 is 4.90 Å². The molecule has 130 valence electrons. The largest absolute Gasteiger partial charge is 0.336 e. The highest BCUT2D eigenvalue weighted by Crippen LogP contribution is 2.24. The van der Waals surface area contributed by atoms with Gasteiger partial charge in [0.25, 0.3) is 0 Å².